The molecule has 0 saturated heterocycles. The van der Waals surface area contributed by atoms with E-state index in [0.29, 0.717) is 54.3 Å². The largest absolute Gasteiger partial charge is 0.489 e. The van der Waals surface area contributed by atoms with Crippen molar-refractivity contribution < 1.29 is 18.7 Å². The van der Waals surface area contributed by atoms with Crippen molar-refractivity contribution in [1.29, 1.82) is 5.26 Å². The molecule has 1 aliphatic heterocycles. The first-order chi connectivity index (χ1) is 17.1. The third kappa shape index (κ3) is 5.18. The predicted molar refractivity (Wildman–Crippen MR) is 138 cm³/mol. The molecule has 0 aromatic heterocycles. The van der Waals surface area contributed by atoms with Crippen LogP contribution >= 0.6 is 15.9 Å². The zero-order valence-electron chi connectivity index (χ0n) is 20.6. The summed E-state index contributed by atoms with van der Waals surface area (Å²) in [4.78, 5) is 15.5. The molecule has 0 amide bonds. The molecule has 0 fully saturated rings. The van der Waals surface area contributed by atoms with Gasteiger partial charge >= 0.3 is 0 Å². The summed E-state index contributed by atoms with van der Waals surface area (Å²) >= 11 is 3.54. The average Bonchev–Trinajstić information content (AvgIpc) is 2.82. The van der Waals surface area contributed by atoms with Gasteiger partial charge < -0.3 is 20.1 Å². The lowest BCUT2D eigenvalue weighted by atomic mass is 9.68. The molecule has 1 aliphatic carbocycles. The van der Waals surface area contributed by atoms with Crippen LogP contribution in [0.1, 0.15) is 43.7 Å². The molecule has 0 radical (unpaired) electrons. The van der Waals surface area contributed by atoms with E-state index in [-0.39, 0.29) is 23.6 Å². The molecule has 6 nitrogen and oxygen atoms in total. The third-order valence-electron chi connectivity index (χ3n) is 6.60. The molecule has 0 saturated carbocycles. The normalized spacial score (nSPS) is 19.3. The van der Waals surface area contributed by atoms with E-state index in [9.17, 15) is 14.4 Å². The van der Waals surface area contributed by atoms with Gasteiger partial charge in [-0.25, -0.2) is 4.39 Å². The number of methoxy groups -OCH3 is 1. The first-order valence-corrected chi connectivity index (χ1v) is 12.5. The number of benzene rings is 2. The van der Waals surface area contributed by atoms with Crippen LogP contribution in [0.2, 0.25) is 0 Å². The number of nitrogens with zero attached hydrogens (tertiary/aromatic N) is 2. The van der Waals surface area contributed by atoms with Crippen LogP contribution in [0.25, 0.3) is 0 Å². The number of hydrogen-bond acceptors (Lipinski definition) is 6. The summed E-state index contributed by atoms with van der Waals surface area (Å²) in [6.45, 7) is 5.17. The highest BCUT2D eigenvalue weighted by molar-refractivity contribution is 9.10. The molecule has 1 atom stereocenters. The van der Waals surface area contributed by atoms with E-state index in [1.165, 1.54) is 12.1 Å². The smallest absolute Gasteiger partial charge is 0.162 e. The Morgan fingerprint density at radius 1 is 1.22 bits per heavy atom. The Hall–Kier alpha value is -3.15. The highest BCUT2D eigenvalue weighted by atomic mass is 79.9. The van der Waals surface area contributed by atoms with Crippen molar-refractivity contribution in [3.8, 4) is 11.8 Å². The molecule has 0 bridgehead atoms. The lowest BCUT2D eigenvalue weighted by molar-refractivity contribution is -0.118. The van der Waals surface area contributed by atoms with Gasteiger partial charge in [0.15, 0.2) is 5.78 Å². The summed E-state index contributed by atoms with van der Waals surface area (Å²) in [6.07, 6.45) is 1.02. The Morgan fingerprint density at radius 3 is 2.61 bits per heavy atom. The van der Waals surface area contributed by atoms with Gasteiger partial charge in [-0.15, -0.1) is 0 Å². The Kier molecular flexibility index (Phi) is 7.53. The lowest BCUT2D eigenvalue weighted by Crippen LogP contribution is -2.43. The molecule has 36 heavy (non-hydrogen) atoms. The zero-order valence-corrected chi connectivity index (χ0v) is 22.2. The first kappa shape index (κ1) is 25.9. The number of nitrogens with two attached hydrogens (primary N) is 1. The minimum absolute atomic E-state index is 0.00150. The maximum atomic E-state index is 13.6. The second-order valence-electron chi connectivity index (χ2n) is 9.89. The van der Waals surface area contributed by atoms with Crippen molar-refractivity contribution >= 4 is 21.7 Å². The first-order valence-electron chi connectivity index (χ1n) is 11.7. The molecule has 2 N–H and O–H groups in total. The quantitative estimate of drug-likeness (QED) is 0.483. The van der Waals surface area contributed by atoms with Crippen molar-refractivity contribution in [2.45, 2.75) is 39.2 Å². The molecule has 8 heteroatoms. The number of carbonyl (C=O) groups is 1. The van der Waals surface area contributed by atoms with E-state index in [1.807, 2.05) is 23.1 Å². The van der Waals surface area contributed by atoms with Crippen LogP contribution in [-0.2, 0) is 16.1 Å². The van der Waals surface area contributed by atoms with Crippen molar-refractivity contribution in [3.63, 3.8) is 0 Å². The SMILES string of the molecule is COCCN1C(N)=C(C#N)[C@H](c2cc(Br)ccc2OCc2ccc(F)cc2)C2=C1CC(C)(C)CC2=O. The van der Waals surface area contributed by atoms with Crippen LogP contribution in [-0.4, -0.2) is 30.9 Å². The Bertz CT molecular complexity index is 1280. The second kappa shape index (κ2) is 10.5. The molecular weight excluding hydrogens is 525 g/mol. The van der Waals surface area contributed by atoms with Crippen LogP contribution in [0.4, 0.5) is 4.39 Å². The molecule has 2 aliphatic rings. The van der Waals surface area contributed by atoms with Gasteiger partial charge in [-0.1, -0.05) is 41.9 Å². The minimum Gasteiger partial charge on any atom is -0.489 e. The van der Waals surface area contributed by atoms with E-state index in [2.05, 4.69) is 35.8 Å². The van der Waals surface area contributed by atoms with Crippen LogP contribution in [0, 0.1) is 22.6 Å². The molecule has 188 valence electrons. The Morgan fingerprint density at radius 2 is 1.94 bits per heavy atom. The standard InChI is InChI=1S/C28H29BrFN3O3/c1-28(2)13-22-26(23(34)14-28)25(21(15-31)27(32)33(22)10-11-35-3)20-12-18(29)6-9-24(20)36-16-17-4-7-19(30)8-5-17/h4-9,12,25H,10-11,13-14,16,32H2,1-3H3/t25-/m0/s1. The van der Waals surface area contributed by atoms with Crippen molar-refractivity contribution in [3.05, 3.63) is 86.5 Å². The number of carbonyl (C=O) groups excluding carboxylic acids is 1. The summed E-state index contributed by atoms with van der Waals surface area (Å²) < 4.78 is 25.6. The van der Waals surface area contributed by atoms with Gasteiger partial charge in [-0.3, -0.25) is 4.79 Å². The second-order valence-corrected chi connectivity index (χ2v) is 10.8. The number of ether oxygens (including phenoxy) is 2. The highest BCUT2D eigenvalue weighted by Crippen LogP contribution is 2.50. The van der Waals surface area contributed by atoms with Crippen LogP contribution in [0.5, 0.6) is 5.75 Å². The summed E-state index contributed by atoms with van der Waals surface area (Å²) in [7, 11) is 1.61. The van der Waals surface area contributed by atoms with Crippen molar-refractivity contribution in [1.82, 2.24) is 4.90 Å². The fourth-order valence-electron chi connectivity index (χ4n) is 4.94. The average molecular weight is 554 g/mol. The number of nitriles is 1. The van der Waals surface area contributed by atoms with Gasteiger partial charge in [-0.05, 0) is 47.7 Å². The van der Waals surface area contributed by atoms with Crippen molar-refractivity contribution in [2.24, 2.45) is 11.1 Å². The van der Waals surface area contributed by atoms with Crippen LogP contribution in [0.15, 0.2) is 69.6 Å². The van der Waals surface area contributed by atoms with Gasteiger partial charge in [0.1, 0.15) is 24.0 Å². The molecule has 0 unspecified atom stereocenters. The summed E-state index contributed by atoms with van der Waals surface area (Å²) in [5.41, 5.74) is 9.56. The molecule has 4 rings (SSSR count). The van der Waals surface area contributed by atoms with E-state index in [1.54, 1.807) is 19.2 Å². The number of rotatable bonds is 7. The maximum Gasteiger partial charge on any atom is 0.162 e. The lowest BCUT2D eigenvalue weighted by Gasteiger charge is -2.44. The number of allylic oxidation sites excluding steroid dienone is 3. The van der Waals surface area contributed by atoms with Gasteiger partial charge in [0.2, 0.25) is 0 Å². The molecule has 1 heterocycles. The zero-order chi connectivity index (χ0) is 26.0. The molecular formula is C28H29BrFN3O3. The monoisotopic (exact) mass is 553 g/mol. The van der Waals surface area contributed by atoms with E-state index in [0.717, 1.165) is 15.7 Å². The molecule has 0 spiro atoms. The van der Waals surface area contributed by atoms with Crippen molar-refractivity contribution in [2.75, 3.05) is 20.3 Å². The van der Waals surface area contributed by atoms with Gasteiger partial charge in [-0.2, -0.15) is 5.26 Å². The van der Waals surface area contributed by atoms with E-state index < -0.39 is 5.92 Å². The number of ketones is 1. The topological polar surface area (TPSA) is 88.6 Å². The Labute approximate surface area is 219 Å². The fraction of sp³-hybridized carbons (Fsp3) is 0.357. The Balaban J connectivity index is 1.84. The third-order valence-corrected chi connectivity index (χ3v) is 7.09. The highest BCUT2D eigenvalue weighted by Gasteiger charge is 2.45. The van der Waals surface area contributed by atoms with Gasteiger partial charge in [0.05, 0.1) is 24.2 Å². The summed E-state index contributed by atoms with van der Waals surface area (Å²) in [6, 6.07) is 13.9. The predicted octanol–water partition coefficient (Wildman–Crippen LogP) is 5.55. The summed E-state index contributed by atoms with van der Waals surface area (Å²) in [5.74, 6) is -0.122. The maximum absolute atomic E-state index is 13.6. The number of halogens is 2. The number of Topliss-reactive ketones (excluding diaryl/α,β-unsaturated/α-hetero) is 1. The molecule has 2 aromatic rings. The van der Waals surface area contributed by atoms with E-state index >= 15 is 0 Å². The van der Waals surface area contributed by atoms with Crippen LogP contribution in [0.3, 0.4) is 0 Å². The summed E-state index contributed by atoms with van der Waals surface area (Å²) in [5, 5.41) is 10.2. The van der Waals surface area contributed by atoms with Gasteiger partial charge in [0.25, 0.3) is 0 Å². The molecule has 2 aromatic carbocycles. The van der Waals surface area contributed by atoms with E-state index in [4.69, 9.17) is 15.2 Å². The van der Waals surface area contributed by atoms with Gasteiger partial charge in [0, 0.05) is 41.4 Å². The number of hydrogen-bond donors (Lipinski definition) is 1. The minimum atomic E-state index is -0.659. The van der Waals surface area contributed by atoms with Crippen LogP contribution < -0.4 is 10.5 Å². The fourth-order valence-corrected chi connectivity index (χ4v) is 5.32.